The maximum atomic E-state index is 13.9. The summed E-state index contributed by atoms with van der Waals surface area (Å²) in [6, 6.07) is 13.4. The Kier molecular flexibility index (Phi) is 6.38. The first-order valence-corrected chi connectivity index (χ1v) is 11.1. The largest absolute Gasteiger partial charge is 0.368 e. The maximum Gasteiger partial charge on any atom is 0.225 e. The van der Waals surface area contributed by atoms with E-state index in [4.69, 9.17) is 0 Å². The van der Waals surface area contributed by atoms with Crippen molar-refractivity contribution >= 4 is 11.6 Å². The third-order valence-electron chi connectivity index (χ3n) is 6.80. The van der Waals surface area contributed by atoms with Crippen molar-refractivity contribution in [3.05, 3.63) is 65.0 Å². The van der Waals surface area contributed by atoms with Crippen LogP contribution in [0.15, 0.2) is 42.5 Å². The van der Waals surface area contributed by atoms with E-state index < -0.39 is 0 Å². The lowest BCUT2D eigenvalue weighted by molar-refractivity contribution is -0.137. The van der Waals surface area contributed by atoms with Crippen molar-refractivity contribution in [1.29, 1.82) is 0 Å². The zero-order chi connectivity index (χ0) is 21.1. The van der Waals surface area contributed by atoms with Gasteiger partial charge < -0.3 is 9.80 Å². The molecule has 2 fully saturated rings. The first-order valence-electron chi connectivity index (χ1n) is 11.1. The van der Waals surface area contributed by atoms with Gasteiger partial charge >= 0.3 is 0 Å². The van der Waals surface area contributed by atoms with E-state index in [1.54, 1.807) is 6.07 Å². The molecule has 160 valence electrons. The van der Waals surface area contributed by atoms with Crippen LogP contribution in [0.2, 0.25) is 0 Å². The number of carbonyl (C=O) groups is 1. The van der Waals surface area contributed by atoms with Crippen LogP contribution < -0.4 is 4.90 Å². The zero-order valence-electron chi connectivity index (χ0n) is 18.1. The molecule has 2 aliphatic rings. The molecule has 2 aliphatic heterocycles. The number of piperazine rings is 1. The summed E-state index contributed by atoms with van der Waals surface area (Å²) in [7, 11) is 0. The smallest absolute Gasteiger partial charge is 0.225 e. The fourth-order valence-corrected chi connectivity index (χ4v) is 4.71. The van der Waals surface area contributed by atoms with Crippen LogP contribution in [0.1, 0.15) is 29.5 Å². The average molecular weight is 410 g/mol. The van der Waals surface area contributed by atoms with Gasteiger partial charge in [0.05, 0.1) is 0 Å². The van der Waals surface area contributed by atoms with Crippen LogP contribution in [-0.4, -0.2) is 55.0 Å². The van der Waals surface area contributed by atoms with Crippen molar-refractivity contribution in [3.8, 4) is 0 Å². The van der Waals surface area contributed by atoms with Gasteiger partial charge in [-0.1, -0.05) is 30.3 Å². The highest BCUT2D eigenvalue weighted by Gasteiger charge is 2.30. The van der Waals surface area contributed by atoms with Crippen molar-refractivity contribution in [2.75, 3.05) is 44.2 Å². The molecule has 0 spiro atoms. The molecule has 2 saturated heterocycles. The topological polar surface area (TPSA) is 26.8 Å². The molecule has 0 N–H and O–H groups in total. The number of rotatable bonds is 4. The number of hydrogen-bond acceptors (Lipinski definition) is 3. The Morgan fingerprint density at radius 1 is 0.933 bits per heavy atom. The minimum atomic E-state index is -0.141. The summed E-state index contributed by atoms with van der Waals surface area (Å²) >= 11 is 0. The number of anilines is 1. The summed E-state index contributed by atoms with van der Waals surface area (Å²) in [5.41, 5.74) is 4.68. The number of benzene rings is 2. The van der Waals surface area contributed by atoms with E-state index in [1.165, 1.54) is 22.9 Å². The fraction of sp³-hybridized carbons (Fsp3) is 0.480. The fourth-order valence-electron chi connectivity index (χ4n) is 4.71. The molecule has 5 heteroatoms. The molecule has 2 heterocycles. The number of carbonyl (C=O) groups excluding carboxylic acids is 1. The molecule has 0 atom stereocenters. The lowest BCUT2D eigenvalue weighted by Gasteiger charge is -2.40. The first-order chi connectivity index (χ1) is 14.5. The van der Waals surface area contributed by atoms with Crippen LogP contribution >= 0.6 is 0 Å². The van der Waals surface area contributed by atoms with E-state index in [1.807, 2.05) is 12.1 Å². The normalized spacial score (nSPS) is 18.6. The molecular weight excluding hydrogens is 377 g/mol. The lowest BCUT2D eigenvalue weighted by atomic mass is 9.94. The zero-order valence-corrected chi connectivity index (χ0v) is 18.1. The number of nitrogens with zero attached hydrogens (tertiary/aromatic N) is 3. The summed E-state index contributed by atoms with van der Waals surface area (Å²) in [6.07, 6.45) is 1.73. The molecule has 0 radical (unpaired) electrons. The predicted molar refractivity (Wildman–Crippen MR) is 119 cm³/mol. The lowest BCUT2D eigenvalue weighted by Crippen LogP contribution is -2.51. The second-order valence-electron chi connectivity index (χ2n) is 8.67. The summed E-state index contributed by atoms with van der Waals surface area (Å²) in [5.74, 6) is 0.271. The number of hydrogen-bond donors (Lipinski definition) is 0. The molecule has 0 unspecified atom stereocenters. The molecule has 2 aromatic rings. The molecule has 0 saturated carbocycles. The Balaban J connectivity index is 1.27. The molecule has 0 aromatic heterocycles. The standard InChI is InChI=1S/C25H32FN3O/c1-19-6-5-9-24(20(19)2)28-14-16-29(17-15-28)25(30)21-10-12-27(13-11-21)18-22-7-3-4-8-23(22)26/h3-9,21H,10-18H2,1-2H3. The van der Waals surface area contributed by atoms with Crippen molar-refractivity contribution in [2.24, 2.45) is 5.92 Å². The first kappa shape index (κ1) is 20.9. The Morgan fingerprint density at radius 3 is 2.33 bits per heavy atom. The van der Waals surface area contributed by atoms with Gasteiger partial charge in [-0.2, -0.15) is 0 Å². The number of amides is 1. The minimum absolute atomic E-state index is 0.106. The van der Waals surface area contributed by atoms with E-state index in [9.17, 15) is 9.18 Å². The minimum Gasteiger partial charge on any atom is -0.368 e. The highest BCUT2D eigenvalue weighted by molar-refractivity contribution is 5.79. The van der Waals surface area contributed by atoms with Gasteiger partial charge in [-0.15, -0.1) is 0 Å². The van der Waals surface area contributed by atoms with Gasteiger partial charge in [-0.25, -0.2) is 4.39 Å². The SMILES string of the molecule is Cc1cccc(N2CCN(C(=O)C3CCN(Cc4ccccc4F)CC3)CC2)c1C. The van der Waals surface area contributed by atoms with Crippen LogP contribution in [0.25, 0.3) is 0 Å². The van der Waals surface area contributed by atoms with Crippen molar-refractivity contribution in [3.63, 3.8) is 0 Å². The van der Waals surface area contributed by atoms with E-state index in [0.29, 0.717) is 12.5 Å². The molecular formula is C25H32FN3O. The van der Waals surface area contributed by atoms with E-state index in [-0.39, 0.29) is 11.7 Å². The van der Waals surface area contributed by atoms with Gasteiger partial charge in [0, 0.05) is 49.9 Å². The summed E-state index contributed by atoms with van der Waals surface area (Å²) in [5, 5.41) is 0. The van der Waals surface area contributed by atoms with Crippen LogP contribution in [0.4, 0.5) is 10.1 Å². The van der Waals surface area contributed by atoms with Gasteiger partial charge in [0.2, 0.25) is 5.91 Å². The van der Waals surface area contributed by atoms with E-state index >= 15 is 0 Å². The Labute approximate surface area is 179 Å². The van der Waals surface area contributed by atoms with Crippen molar-refractivity contribution in [2.45, 2.75) is 33.2 Å². The average Bonchev–Trinajstić information content (AvgIpc) is 2.77. The van der Waals surface area contributed by atoms with Crippen molar-refractivity contribution in [1.82, 2.24) is 9.80 Å². The second kappa shape index (κ2) is 9.17. The van der Waals surface area contributed by atoms with Crippen molar-refractivity contribution < 1.29 is 9.18 Å². The molecule has 0 bridgehead atoms. The molecule has 0 aliphatic carbocycles. The highest BCUT2D eigenvalue weighted by Crippen LogP contribution is 2.26. The third-order valence-corrected chi connectivity index (χ3v) is 6.80. The van der Waals surface area contributed by atoms with Gasteiger partial charge in [-0.3, -0.25) is 9.69 Å². The molecule has 30 heavy (non-hydrogen) atoms. The van der Waals surface area contributed by atoms with Gasteiger partial charge in [0.1, 0.15) is 5.82 Å². The number of halogens is 1. The Bertz CT molecular complexity index is 884. The van der Waals surface area contributed by atoms with Crippen LogP contribution in [0, 0.1) is 25.6 Å². The summed E-state index contributed by atoms with van der Waals surface area (Å²) < 4.78 is 13.9. The van der Waals surface area contributed by atoms with E-state index in [0.717, 1.165) is 57.7 Å². The predicted octanol–water partition coefficient (Wildman–Crippen LogP) is 4.00. The second-order valence-corrected chi connectivity index (χ2v) is 8.67. The molecule has 1 amide bonds. The summed E-state index contributed by atoms with van der Waals surface area (Å²) in [4.78, 5) is 19.8. The molecule has 4 rings (SSSR count). The van der Waals surface area contributed by atoms with Gasteiger partial charge in [-0.05, 0) is 63.0 Å². The monoisotopic (exact) mass is 409 g/mol. The number of aryl methyl sites for hydroxylation is 1. The number of likely N-dealkylation sites (tertiary alicyclic amines) is 1. The van der Waals surface area contributed by atoms with Gasteiger partial charge in [0.25, 0.3) is 0 Å². The van der Waals surface area contributed by atoms with E-state index in [2.05, 4.69) is 46.7 Å². The highest BCUT2D eigenvalue weighted by atomic mass is 19.1. The maximum absolute atomic E-state index is 13.9. The molecule has 2 aromatic carbocycles. The summed E-state index contributed by atoms with van der Waals surface area (Å²) in [6.45, 7) is 10.0. The van der Waals surface area contributed by atoms with Gasteiger partial charge in [0.15, 0.2) is 0 Å². The number of piperidine rings is 1. The Hall–Kier alpha value is -2.40. The Morgan fingerprint density at radius 2 is 1.63 bits per heavy atom. The molecule has 4 nitrogen and oxygen atoms in total. The van der Waals surface area contributed by atoms with Crippen LogP contribution in [0.5, 0.6) is 0 Å². The third kappa shape index (κ3) is 4.51. The van der Waals surface area contributed by atoms with Crippen LogP contribution in [-0.2, 0) is 11.3 Å². The quantitative estimate of drug-likeness (QED) is 0.764. The van der Waals surface area contributed by atoms with Crippen LogP contribution in [0.3, 0.4) is 0 Å².